The average Bonchev–Trinajstić information content (AvgIpc) is 1.62. The van der Waals surface area contributed by atoms with E-state index in [0.717, 1.165) is 286 Å². The van der Waals surface area contributed by atoms with Gasteiger partial charge in [-0.15, -0.1) is 0 Å². The molecule has 11 aromatic heterocycles. The van der Waals surface area contributed by atoms with Crippen molar-refractivity contribution in [3.63, 3.8) is 0 Å². The highest BCUT2D eigenvalue weighted by atomic mass is 16.6. The standard InChI is InChI=1S/C25H25N5O2.C25H25N5O.C25H23N5O.C23H21N3O3.C20H18N4O/c1-2-21(19-6-9-22-23(17-19)32-15-14-31-22)30-25(3-1)27-24(28-30)16-18-4-7-20(8-5-18)29-12-10-26-11-13-29;2*1-2-22(19-6-9-23-20(17-19)10-15-31-23)30-25(3-1)27-24(28-30)16-18-4-7-21(8-5-18)29-13-11-26-12-14-29;1-27-18-9-7-17(8-10-18)19-4-2-5-23-24-22(25-26(19)23)15-16-6-11-20-21(14-16)29-13-3-12-28-20;1-25-17-10-8-15(9-11-17)18-6-3-7-20-22-19(23-24(18)20)13-14-4-2-5-16(21)12-14/h1-9,17,26H,10-16H2;1-9,17,26H,10-16H2;1-10,15,17,26H,11-14,16H2;2,4-11,14H,3,12-13,15H2,1H3;2-12H,13,21H2,1H3. The first kappa shape index (κ1) is 94.1. The Hall–Kier alpha value is -17.5. The van der Waals surface area contributed by atoms with Gasteiger partial charge in [0.1, 0.15) is 36.0 Å². The fraction of sp³-hybridized carbons (Fsp3) is 0.220. The summed E-state index contributed by atoms with van der Waals surface area (Å²) in [4.78, 5) is 31.0. The normalized spacial score (nSPS) is 14.2. The van der Waals surface area contributed by atoms with E-state index in [0.29, 0.717) is 52.1 Å². The third kappa shape index (κ3) is 21.5. The minimum absolute atomic E-state index is 0.571. The largest absolute Gasteiger partial charge is 0.497 e. The zero-order chi connectivity index (χ0) is 99.4. The van der Waals surface area contributed by atoms with E-state index in [-0.39, 0.29) is 0 Å². The molecule has 0 saturated carbocycles. The van der Waals surface area contributed by atoms with Crippen LogP contribution in [-0.2, 0) is 38.5 Å². The summed E-state index contributed by atoms with van der Waals surface area (Å²) in [5, 5.41) is 35.2. The molecule has 5 N–H and O–H groups in total. The molecule has 30 heteroatoms. The highest BCUT2D eigenvalue weighted by Crippen LogP contribution is 2.39. The predicted octanol–water partition coefficient (Wildman–Crippen LogP) is 18.4. The van der Waals surface area contributed by atoms with Gasteiger partial charge in [0.15, 0.2) is 80.4 Å². The molecule has 6 aliphatic rings. The SMILES string of the molecule is COc1ccc(-c2cccc3nc(Cc4ccc5c(c4)OCCCO5)nn23)cc1.COc1ccc(-c2cccc3nc(Cc4cccc(N)c4)nn23)cc1.c1cc(-c2ccc3c(c2)CCO3)n2nc(Cc3ccc(N4CCNCC4)cc3)nc2c1.c1cc(-c2ccc3c(c2)OCCO3)n2nc(Cc3ccc(N4CCNCC4)cc3)nc2c1.c1cc(-c2ccc3occc3c2)n2nc(Cc3ccc(N4CCNCC4)cc3)nc2c1. The lowest BCUT2D eigenvalue weighted by Crippen LogP contribution is -2.43. The molecule has 0 bridgehead atoms. The van der Waals surface area contributed by atoms with E-state index in [1.165, 1.54) is 39.3 Å². The Morgan fingerprint density at radius 3 is 1.06 bits per heavy atom. The minimum Gasteiger partial charge on any atom is -0.497 e. The van der Waals surface area contributed by atoms with Crippen LogP contribution in [-0.4, -0.2) is 199 Å². The lowest BCUT2D eigenvalue weighted by molar-refractivity contribution is 0.171. The van der Waals surface area contributed by atoms with Crippen LogP contribution >= 0.6 is 0 Å². The van der Waals surface area contributed by atoms with Crippen molar-refractivity contribution in [3.8, 4) is 96.5 Å². The number of benzene rings is 10. The second-order valence-corrected chi connectivity index (χ2v) is 37.1. The summed E-state index contributed by atoms with van der Waals surface area (Å²) in [5.74, 6) is 9.83. The number of hydrogen-bond acceptors (Lipinski definition) is 25. The summed E-state index contributed by atoms with van der Waals surface area (Å²) in [7, 11) is 3.33. The molecule has 742 valence electrons. The van der Waals surface area contributed by atoms with Crippen molar-refractivity contribution < 1.29 is 37.6 Å². The van der Waals surface area contributed by atoms with Gasteiger partial charge in [-0.05, 0) is 264 Å². The summed E-state index contributed by atoms with van der Waals surface area (Å²) >= 11 is 0. The zero-order valence-corrected chi connectivity index (χ0v) is 82.5. The van der Waals surface area contributed by atoms with Crippen molar-refractivity contribution in [1.82, 2.24) is 88.9 Å². The van der Waals surface area contributed by atoms with Crippen LogP contribution < -0.4 is 69.5 Å². The molecule has 27 rings (SSSR count). The lowest BCUT2D eigenvalue weighted by atomic mass is 10.1. The fourth-order valence-electron chi connectivity index (χ4n) is 19.6. The van der Waals surface area contributed by atoms with E-state index < -0.39 is 0 Å². The van der Waals surface area contributed by atoms with Crippen molar-refractivity contribution in [3.05, 3.63) is 384 Å². The van der Waals surface area contributed by atoms with Crippen LogP contribution in [0.5, 0.6) is 40.2 Å². The van der Waals surface area contributed by atoms with Crippen molar-refractivity contribution >= 4 is 62.0 Å². The number of pyridine rings is 5. The van der Waals surface area contributed by atoms with E-state index in [1.807, 2.05) is 211 Å². The Morgan fingerprint density at radius 2 is 0.628 bits per heavy atom. The van der Waals surface area contributed by atoms with Crippen LogP contribution in [0.15, 0.2) is 326 Å². The summed E-state index contributed by atoms with van der Waals surface area (Å²) in [6.07, 6.45) is 6.98. The molecule has 0 atom stereocenters. The number of piperazine rings is 3. The number of ether oxygens (including phenoxy) is 7. The van der Waals surface area contributed by atoms with Gasteiger partial charge in [0, 0.05) is 179 Å². The van der Waals surface area contributed by atoms with Crippen molar-refractivity contribution in [1.29, 1.82) is 0 Å². The van der Waals surface area contributed by atoms with Gasteiger partial charge in [-0.25, -0.2) is 47.5 Å². The third-order valence-corrected chi connectivity index (χ3v) is 27.2. The molecule has 0 unspecified atom stereocenters. The maximum atomic E-state index is 5.85. The van der Waals surface area contributed by atoms with E-state index in [9.17, 15) is 0 Å². The van der Waals surface area contributed by atoms with Crippen LogP contribution in [0.1, 0.15) is 68.9 Å². The van der Waals surface area contributed by atoms with Gasteiger partial charge in [0.25, 0.3) is 0 Å². The van der Waals surface area contributed by atoms with Gasteiger partial charge in [-0.3, -0.25) is 0 Å². The van der Waals surface area contributed by atoms with Gasteiger partial charge in [0.05, 0.1) is 68.8 Å². The molecule has 30 nitrogen and oxygen atoms in total. The molecule has 6 aliphatic heterocycles. The molecule has 148 heavy (non-hydrogen) atoms. The maximum Gasteiger partial charge on any atom is 0.162 e. The van der Waals surface area contributed by atoms with E-state index in [2.05, 4.69) is 163 Å². The van der Waals surface area contributed by atoms with Crippen LogP contribution in [0.25, 0.3) is 95.5 Å². The number of fused-ring (bicyclic) bond motifs is 9. The van der Waals surface area contributed by atoms with Gasteiger partial charge in [0.2, 0.25) is 0 Å². The quantitative estimate of drug-likeness (QED) is 0.0515. The first-order chi connectivity index (χ1) is 73.0. The predicted molar refractivity (Wildman–Crippen MR) is 577 cm³/mol. The average molecular weight is 1970 g/mol. The summed E-state index contributed by atoms with van der Waals surface area (Å²) < 4.78 is 54.1. The molecule has 0 aliphatic carbocycles. The number of nitrogens with one attached hydrogen (secondary N) is 3. The number of furan rings is 1. The number of rotatable bonds is 20. The molecular weight excluding hydrogens is 1850 g/mol. The Kier molecular flexibility index (Phi) is 27.7. The molecule has 0 amide bonds. The number of nitrogens with two attached hydrogens (primary N) is 1. The molecule has 0 spiro atoms. The molecule has 3 saturated heterocycles. The number of anilines is 4. The number of hydrogen-bond donors (Lipinski definition) is 4. The number of nitrogen functional groups attached to an aromatic ring is 1. The highest BCUT2D eigenvalue weighted by Gasteiger charge is 2.24. The van der Waals surface area contributed by atoms with Crippen molar-refractivity contribution in [2.45, 2.75) is 44.9 Å². The fourth-order valence-corrected chi connectivity index (χ4v) is 19.6. The molecule has 0 radical (unpaired) electrons. The van der Waals surface area contributed by atoms with E-state index in [4.69, 9.17) is 88.7 Å². The summed E-state index contributed by atoms with van der Waals surface area (Å²) in [5.41, 5.74) is 33.1. The van der Waals surface area contributed by atoms with E-state index in [1.54, 1.807) is 20.5 Å². The van der Waals surface area contributed by atoms with E-state index >= 15 is 0 Å². The number of aromatic nitrogens is 15. The molecule has 3 fully saturated rings. The zero-order valence-electron chi connectivity index (χ0n) is 82.5. The van der Waals surface area contributed by atoms with Gasteiger partial charge in [-0.2, -0.15) is 25.5 Å². The first-order valence-corrected chi connectivity index (χ1v) is 50.6. The van der Waals surface area contributed by atoms with Crippen LogP contribution in [0.4, 0.5) is 22.7 Å². The van der Waals surface area contributed by atoms with Crippen LogP contribution in [0.2, 0.25) is 0 Å². The number of nitrogens with zero attached hydrogens (tertiary/aromatic N) is 18. The topological polar surface area (TPSA) is 301 Å². The van der Waals surface area contributed by atoms with Gasteiger partial charge in [-0.1, -0.05) is 84.9 Å². The Bertz CT molecular complexity index is 8210. The van der Waals surface area contributed by atoms with Gasteiger partial charge < -0.3 is 74.0 Å². The Morgan fingerprint density at radius 1 is 0.291 bits per heavy atom. The maximum absolute atomic E-state index is 5.85. The van der Waals surface area contributed by atoms with Crippen molar-refractivity contribution in [2.75, 3.05) is 146 Å². The molecule has 10 aromatic carbocycles. The third-order valence-electron chi connectivity index (χ3n) is 27.2. The first-order valence-electron chi connectivity index (χ1n) is 50.6. The minimum atomic E-state index is 0.571. The van der Waals surface area contributed by atoms with Crippen LogP contribution in [0.3, 0.4) is 0 Å². The second-order valence-electron chi connectivity index (χ2n) is 37.1. The second kappa shape index (κ2) is 43.6. The van der Waals surface area contributed by atoms with Crippen molar-refractivity contribution in [2.24, 2.45) is 0 Å². The molecular formula is C118H112N22O8. The Balaban J connectivity index is 0.000000102. The van der Waals surface area contributed by atoms with Gasteiger partial charge >= 0.3 is 0 Å². The van der Waals surface area contributed by atoms with Crippen LogP contribution in [0, 0.1) is 0 Å². The molecule has 21 aromatic rings. The summed E-state index contributed by atoms with van der Waals surface area (Å²) in [6, 6.07) is 107. The monoisotopic (exact) mass is 1960 g/mol. The Labute approximate surface area is 855 Å². The summed E-state index contributed by atoms with van der Waals surface area (Å²) in [6.45, 7) is 15.9. The smallest absolute Gasteiger partial charge is 0.162 e. The number of methoxy groups -OCH3 is 2. The lowest BCUT2D eigenvalue weighted by Gasteiger charge is -2.29. The highest BCUT2D eigenvalue weighted by molar-refractivity contribution is 5.83. The molecule has 17 heterocycles.